The zero-order valence-electron chi connectivity index (χ0n) is 14.2. The van der Waals surface area contributed by atoms with Gasteiger partial charge in [0.2, 0.25) is 0 Å². The molecule has 0 atom stereocenters. The number of halogens is 1. The van der Waals surface area contributed by atoms with Gasteiger partial charge in [0.1, 0.15) is 0 Å². The molecule has 128 valence electrons. The van der Waals surface area contributed by atoms with Crippen LogP contribution in [0.1, 0.15) is 16.7 Å². The third kappa shape index (κ3) is 5.93. The number of benzene rings is 3. The maximum atomic E-state index is 6.02. The van der Waals surface area contributed by atoms with Gasteiger partial charge in [-0.2, -0.15) is 0 Å². The van der Waals surface area contributed by atoms with Crippen LogP contribution in [0, 0.1) is 0 Å². The zero-order chi connectivity index (χ0) is 17.3. The maximum absolute atomic E-state index is 6.02. The molecule has 0 saturated heterocycles. The van der Waals surface area contributed by atoms with Gasteiger partial charge in [0.15, 0.2) is 0 Å². The Morgan fingerprint density at radius 3 is 2.28 bits per heavy atom. The van der Waals surface area contributed by atoms with Gasteiger partial charge in [-0.05, 0) is 53.9 Å². The van der Waals surface area contributed by atoms with Crippen molar-refractivity contribution < 1.29 is 0 Å². The van der Waals surface area contributed by atoms with Gasteiger partial charge < -0.3 is 10.6 Å². The molecule has 0 aliphatic rings. The summed E-state index contributed by atoms with van der Waals surface area (Å²) in [6.45, 7) is 2.63. The van der Waals surface area contributed by atoms with Crippen LogP contribution in [0.5, 0.6) is 0 Å². The first-order valence-corrected chi connectivity index (χ1v) is 8.99. The van der Waals surface area contributed by atoms with Gasteiger partial charge in [-0.3, -0.25) is 0 Å². The number of hydrogen-bond acceptors (Lipinski definition) is 2. The fourth-order valence-corrected chi connectivity index (χ4v) is 2.96. The number of hydrogen-bond donors (Lipinski definition) is 2. The zero-order valence-corrected chi connectivity index (χ0v) is 15.0. The minimum absolute atomic E-state index is 0.801. The van der Waals surface area contributed by atoms with E-state index in [1.54, 1.807) is 0 Å². The average Bonchev–Trinajstić information content (AvgIpc) is 2.65. The molecule has 0 fully saturated rings. The van der Waals surface area contributed by atoms with Crippen molar-refractivity contribution in [3.05, 3.63) is 101 Å². The predicted molar refractivity (Wildman–Crippen MR) is 107 cm³/mol. The Hall–Kier alpha value is -2.29. The van der Waals surface area contributed by atoms with Gasteiger partial charge in [-0.15, -0.1) is 0 Å². The van der Waals surface area contributed by atoms with Gasteiger partial charge >= 0.3 is 0 Å². The first-order chi connectivity index (χ1) is 12.3. The van der Waals surface area contributed by atoms with E-state index in [0.717, 1.165) is 36.8 Å². The summed E-state index contributed by atoms with van der Waals surface area (Å²) in [4.78, 5) is 0. The summed E-state index contributed by atoms with van der Waals surface area (Å²) in [7, 11) is 0. The molecule has 25 heavy (non-hydrogen) atoms. The van der Waals surface area contributed by atoms with Crippen molar-refractivity contribution in [2.24, 2.45) is 0 Å². The summed E-state index contributed by atoms with van der Waals surface area (Å²) < 4.78 is 0. The fraction of sp³-hybridized carbons (Fsp3) is 0.182. The average molecular weight is 351 g/mol. The Labute approximate surface area is 154 Å². The van der Waals surface area contributed by atoms with Gasteiger partial charge in [-0.1, -0.05) is 66.2 Å². The highest BCUT2D eigenvalue weighted by atomic mass is 35.5. The molecule has 0 unspecified atom stereocenters. The quantitative estimate of drug-likeness (QED) is 0.540. The standard InChI is InChI=1S/C22H23ClN2/c23-21-10-4-8-18(14-21)12-13-24-16-20-9-5-11-22(15-20)25-17-19-6-2-1-3-7-19/h1-11,14-15,24-25H,12-13,16-17H2. The number of nitrogens with one attached hydrogen (secondary N) is 2. The SMILES string of the molecule is Clc1cccc(CCNCc2cccc(NCc3ccccc3)c2)c1. The molecular weight excluding hydrogens is 328 g/mol. The molecule has 2 nitrogen and oxygen atoms in total. The van der Waals surface area contributed by atoms with E-state index in [9.17, 15) is 0 Å². The Morgan fingerprint density at radius 2 is 1.44 bits per heavy atom. The lowest BCUT2D eigenvalue weighted by Crippen LogP contribution is -2.16. The van der Waals surface area contributed by atoms with Gasteiger partial charge in [-0.25, -0.2) is 0 Å². The lowest BCUT2D eigenvalue weighted by molar-refractivity contribution is 0.687. The molecule has 3 aromatic carbocycles. The van der Waals surface area contributed by atoms with Crippen LogP contribution in [0.4, 0.5) is 5.69 Å². The van der Waals surface area contributed by atoms with E-state index in [1.165, 1.54) is 16.7 Å². The van der Waals surface area contributed by atoms with Crippen LogP contribution >= 0.6 is 11.6 Å². The molecule has 0 radical (unpaired) electrons. The molecule has 0 spiro atoms. The van der Waals surface area contributed by atoms with Crippen LogP contribution in [0.3, 0.4) is 0 Å². The molecular formula is C22H23ClN2. The third-order valence-electron chi connectivity index (χ3n) is 4.08. The summed E-state index contributed by atoms with van der Waals surface area (Å²) in [5.41, 5.74) is 4.98. The van der Waals surface area contributed by atoms with Crippen LogP contribution in [-0.4, -0.2) is 6.54 Å². The molecule has 0 heterocycles. The van der Waals surface area contributed by atoms with E-state index in [4.69, 9.17) is 11.6 Å². The lowest BCUT2D eigenvalue weighted by atomic mass is 10.1. The van der Waals surface area contributed by atoms with Crippen LogP contribution in [0.25, 0.3) is 0 Å². The Balaban J connectivity index is 1.45. The van der Waals surface area contributed by atoms with Crippen LogP contribution in [0.2, 0.25) is 5.02 Å². The summed E-state index contributed by atoms with van der Waals surface area (Å²) in [6.07, 6.45) is 0.979. The second-order valence-corrected chi connectivity index (χ2v) is 6.53. The topological polar surface area (TPSA) is 24.1 Å². The summed E-state index contributed by atoms with van der Waals surface area (Å²) in [6, 6.07) is 27.1. The predicted octanol–water partition coefficient (Wildman–Crippen LogP) is 5.28. The molecule has 0 aliphatic carbocycles. The second-order valence-electron chi connectivity index (χ2n) is 6.10. The first-order valence-electron chi connectivity index (χ1n) is 8.61. The van der Waals surface area contributed by atoms with Crippen molar-refractivity contribution in [3.8, 4) is 0 Å². The molecule has 0 bridgehead atoms. The molecule has 0 amide bonds. The molecule has 2 N–H and O–H groups in total. The molecule has 3 heteroatoms. The fourth-order valence-electron chi connectivity index (χ4n) is 2.75. The Morgan fingerprint density at radius 1 is 0.680 bits per heavy atom. The van der Waals surface area contributed by atoms with Crippen LogP contribution in [-0.2, 0) is 19.5 Å². The van der Waals surface area contributed by atoms with Gasteiger partial charge in [0.05, 0.1) is 0 Å². The van der Waals surface area contributed by atoms with Crippen molar-refractivity contribution >= 4 is 17.3 Å². The van der Waals surface area contributed by atoms with E-state index < -0.39 is 0 Å². The highest BCUT2D eigenvalue weighted by Gasteiger charge is 1.98. The third-order valence-corrected chi connectivity index (χ3v) is 4.31. The molecule has 3 aromatic rings. The number of rotatable bonds is 8. The first kappa shape index (κ1) is 17.5. The molecule has 0 aliphatic heterocycles. The summed E-state index contributed by atoms with van der Waals surface area (Å²) in [5.74, 6) is 0. The van der Waals surface area contributed by atoms with E-state index in [1.807, 2.05) is 24.3 Å². The van der Waals surface area contributed by atoms with E-state index >= 15 is 0 Å². The summed E-state index contributed by atoms with van der Waals surface area (Å²) in [5, 5.41) is 7.78. The van der Waals surface area contributed by atoms with Crippen molar-refractivity contribution in [2.45, 2.75) is 19.5 Å². The largest absolute Gasteiger partial charge is 0.381 e. The minimum Gasteiger partial charge on any atom is -0.381 e. The molecule has 0 aromatic heterocycles. The van der Waals surface area contributed by atoms with Crippen LogP contribution in [0.15, 0.2) is 78.9 Å². The smallest absolute Gasteiger partial charge is 0.0408 e. The van der Waals surface area contributed by atoms with Crippen molar-refractivity contribution in [1.82, 2.24) is 5.32 Å². The van der Waals surface area contributed by atoms with Crippen molar-refractivity contribution in [1.29, 1.82) is 0 Å². The Kier molecular flexibility index (Phi) is 6.49. The van der Waals surface area contributed by atoms with Crippen molar-refractivity contribution in [3.63, 3.8) is 0 Å². The van der Waals surface area contributed by atoms with E-state index in [2.05, 4.69) is 65.2 Å². The van der Waals surface area contributed by atoms with E-state index in [-0.39, 0.29) is 0 Å². The van der Waals surface area contributed by atoms with Crippen LogP contribution < -0.4 is 10.6 Å². The summed E-state index contributed by atoms with van der Waals surface area (Å²) >= 11 is 6.02. The Bertz CT molecular complexity index is 787. The van der Waals surface area contributed by atoms with Crippen molar-refractivity contribution in [2.75, 3.05) is 11.9 Å². The monoisotopic (exact) mass is 350 g/mol. The maximum Gasteiger partial charge on any atom is 0.0408 e. The van der Waals surface area contributed by atoms with Gasteiger partial charge in [0, 0.05) is 23.8 Å². The highest BCUT2D eigenvalue weighted by Crippen LogP contribution is 2.13. The minimum atomic E-state index is 0.801. The highest BCUT2D eigenvalue weighted by molar-refractivity contribution is 6.30. The number of anilines is 1. The molecule has 3 rings (SSSR count). The normalized spacial score (nSPS) is 10.6. The van der Waals surface area contributed by atoms with E-state index in [0.29, 0.717) is 0 Å². The van der Waals surface area contributed by atoms with Gasteiger partial charge in [0.25, 0.3) is 0 Å². The molecule has 0 saturated carbocycles. The lowest BCUT2D eigenvalue weighted by Gasteiger charge is -2.10. The second kappa shape index (κ2) is 9.26.